The van der Waals surface area contributed by atoms with E-state index in [0.29, 0.717) is 5.92 Å². The third-order valence-corrected chi connectivity index (χ3v) is 5.12. The molecule has 0 aliphatic rings. The summed E-state index contributed by atoms with van der Waals surface area (Å²) >= 11 is 3.55. The second-order valence-electron chi connectivity index (χ2n) is 6.15. The fourth-order valence-corrected chi connectivity index (χ4v) is 2.76. The molecule has 0 saturated heterocycles. The summed E-state index contributed by atoms with van der Waals surface area (Å²) in [5.74, 6) is 0.683. The maximum absolute atomic E-state index is 3.55. The van der Waals surface area contributed by atoms with Gasteiger partial charge in [0.2, 0.25) is 0 Å². The molecule has 0 fully saturated rings. The monoisotopic (exact) mass is 330 g/mol. The van der Waals surface area contributed by atoms with E-state index in [4.69, 9.17) is 0 Å². The maximum Gasteiger partial charge on any atom is 0.0146 e. The Labute approximate surface area is 131 Å². The van der Waals surface area contributed by atoms with E-state index in [0.717, 1.165) is 11.8 Å². The number of rotatable bonds is 5. The van der Waals surface area contributed by atoms with Crippen LogP contribution in [0.3, 0.4) is 0 Å². The molecule has 0 aliphatic carbocycles. The van der Waals surface area contributed by atoms with Gasteiger partial charge in [-0.3, -0.25) is 0 Å². The molecule has 0 aromatic heterocycles. The Balaban J connectivity index is 2.21. The molecule has 0 heterocycles. The van der Waals surface area contributed by atoms with Gasteiger partial charge in [0.05, 0.1) is 0 Å². The predicted molar refractivity (Wildman–Crippen MR) is 91.7 cm³/mol. The van der Waals surface area contributed by atoms with Gasteiger partial charge in [0.15, 0.2) is 0 Å². The van der Waals surface area contributed by atoms with Crippen LogP contribution in [0.25, 0.3) is 0 Å². The van der Waals surface area contributed by atoms with Crippen LogP contribution in [-0.2, 0) is 11.8 Å². The fourth-order valence-electron chi connectivity index (χ4n) is 2.54. The van der Waals surface area contributed by atoms with Crippen LogP contribution in [0.4, 0.5) is 0 Å². The van der Waals surface area contributed by atoms with E-state index in [-0.39, 0.29) is 5.41 Å². The third kappa shape index (κ3) is 3.52. The Hall–Kier alpha value is -1.08. The van der Waals surface area contributed by atoms with Gasteiger partial charge in [0, 0.05) is 10.7 Å². The molecule has 0 radical (unpaired) electrons. The molecule has 106 valence electrons. The molecule has 2 aromatic rings. The van der Waals surface area contributed by atoms with Crippen molar-refractivity contribution < 1.29 is 0 Å². The molecule has 0 saturated carbocycles. The summed E-state index contributed by atoms with van der Waals surface area (Å²) in [5.41, 5.74) is 4.21. The summed E-state index contributed by atoms with van der Waals surface area (Å²) in [6, 6.07) is 19.8. The standard InChI is InChI=1S/C19H23Br/c1-15(14-20)13-16-9-11-18(12-10-16)19(2,3)17-7-5-4-6-8-17/h4-12,15H,13-14H2,1-3H3. The molecule has 0 spiro atoms. The minimum atomic E-state index is 0.0564. The Morgan fingerprint density at radius 2 is 1.45 bits per heavy atom. The second-order valence-corrected chi connectivity index (χ2v) is 6.80. The number of hydrogen-bond donors (Lipinski definition) is 0. The first-order chi connectivity index (χ1) is 9.54. The largest absolute Gasteiger partial charge is 0.0925 e. The molecule has 2 rings (SSSR count). The van der Waals surface area contributed by atoms with Crippen molar-refractivity contribution in [2.75, 3.05) is 5.33 Å². The van der Waals surface area contributed by atoms with E-state index in [2.05, 4.69) is 91.3 Å². The summed E-state index contributed by atoms with van der Waals surface area (Å²) in [5, 5.41) is 1.06. The third-order valence-electron chi connectivity index (χ3n) is 4.02. The molecule has 0 aliphatic heterocycles. The molecular weight excluding hydrogens is 308 g/mol. The first-order valence-electron chi connectivity index (χ1n) is 7.25. The Kier molecular flexibility index (Phi) is 5.04. The minimum absolute atomic E-state index is 0.0564. The SMILES string of the molecule is CC(CBr)Cc1ccc(C(C)(C)c2ccccc2)cc1. The number of benzene rings is 2. The van der Waals surface area contributed by atoms with Crippen molar-refractivity contribution in [3.63, 3.8) is 0 Å². The number of hydrogen-bond acceptors (Lipinski definition) is 0. The second kappa shape index (κ2) is 6.58. The van der Waals surface area contributed by atoms with Gasteiger partial charge in [-0.15, -0.1) is 0 Å². The lowest BCUT2D eigenvalue weighted by Gasteiger charge is -2.26. The molecule has 0 N–H and O–H groups in total. The van der Waals surface area contributed by atoms with Crippen LogP contribution >= 0.6 is 15.9 Å². The highest BCUT2D eigenvalue weighted by Gasteiger charge is 2.22. The van der Waals surface area contributed by atoms with E-state index < -0.39 is 0 Å². The van der Waals surface area contributed by atoms with Crippen LogP contribution in [0.2, 0.25) is 0 Å². The molecule has 0 nitrogen and oxygen atoms in total. The first-order valence-corrected chi connectivity index (χ1v) is 8.37. The zero-order chi connectivity index (χ0) is 14.6. The number of halogens is 1. The van der Waals surface area contributed by atoms with Crippen LogP contribution < -0.4 is 0 Å². The minimum Gasteiger partial charge on any atom is -0.0925 e. The van der Waals surface area contributed by atoms with Crippen molar-refractivity contribution in [1.82, 2.24) is 0 Å². The van der Waals surface area contributed by atoms with Gasteiger partial charge in [0.1, 0.15) is 0 Å². The summed E-state index contributed by atoms with van der Waals surface area (Å²) in [6.45, 7) is 6.85. The van der Waals surface area contributed by atoms with Crippen molar-refractivity contribution >= 4 is 15.9 Å². The molecule has 0 amide bonds. The van der Waals surface area contributed by atoms with Crippen molar-refractivity contribution in [2.45, 2.75) is 32.6 Å². The van der Waals surface area contributed by atoms with Gasteiger partial charge >= 0.3 is 0 Å². The smallest absolute Gasteiger partial charge is 0.0146 e. The van der Waals surface area contributed by atoms with E-state index in [9.17, 15) is 0 Å². The van der Waals surface area contributed by atoms with E-state index in [1.807, 2.05) is 0 Å². The predicted octanol–water partition coefficient (Wildman–Crippen LogP) is 5.59. The molecular formula is C19H23Br. The molecule has 0 bridgehead atoms. The van der Waals surface area contributed by atoms with Crippen LogP contribution in [0.5, 0.6) is 0 Å². The van der Waals surface area contributed by atoms with Crippen molar-refractivity contribution in [3.8, 4) is 0 Å². The zero-order valence-electron chi connectivity index (χ0n) is 12.6. The summed E-state index contributed by atoms with van der Waals surface area (Å²) < 4.78 is 0. The lowest BCUT2D eigenvalue weighted by Crippen LogP contribution is -2.18. The highest BCUT2D eigenvalue weighted by Crippen LogP contribution is 2.31. The van der Waals surface area contributed by atoms with Crippen LogP contribution in [-0.4, -0.2) is 5.33 Å². The van der Waals surface area contributed by atoms with Gasteiger partial charge in [-0.05, 0) is 29.0 Å². The van der Waals surface area contributed by atoms with Crippen LogP contribution in [0.15, 0.2) is 54.6 Å². The van der Waals surface area contributed by atoms with E-state index in [1.165, 1.54) is 16.7 Å². The average molecular weight is 331 g/mol. The van der Waals surface area contributed by atoms with Crippen molar-refractivity contribution in [1.29, 1.82) is 0 Å². The first kappa shape index (κ1) is 15.3. The van der Waals surface area contributed by atoms with Crippen molar-refractivity contribution in [2.24, 2.45) is 5.92 Å². The Morgan fingerprint density at radius 3 is 2.00 bits per heavy atom. The summed E-state index contributed by atoms with van der Waals surface area (Å²) in [7, 11) is 0. The molecule has 1 unspecified atom stereocenters. The lowest BCUT2D eigenvalue weighted by molar-refractivity contribution is 0.637. The van der Waals surface area contributed by atoms with E-state index >= 15 is 0 Å². The highest BCUT2D eigenvalue weighted by atomic mass is 79.9. The molecule has 2 aromatic carbocycles. The Bertz CT molecular complexity index is 525. The lowest BCUT2D eigenvalue weighted by atomic mass is 9.78. The average Bonchev–Trinajstić information content (AvgIpc) is 2.48. The van der Waals surface area contributed by atoms with Gasteiger partial charge in [0.25, 0.3) is 0 Å². The van der Waals surface area contributed by atoms with Crippen molar-refractivity contribution in [3.05, 3.63) is 71.3 Å². The zero-order valence-corrected chi connectivity index (χ0v) is 14.2. The highest BCUT2D eigenvalue weighted by molar-refractivity contribution is 9.09. The topological polar surface area (TPSA) is 0 Å². The molecule has 1 atom stereocenters. The quantitative estimate of drug-likeness (QED) is 0.627. The van der Waals surface area contributed by atoms with Crippen LogP contribution in [0.1, 0.15) is 37.5 Å². The molecule has 20 heavy (non-hydrogen) atoms. The Morgan fingerprint density at radius 1 is 0.900 bits per heavy atom. The number of alkyl halides is 1. The summed E-state index contributed by atoms with van der Waals surface area (Å²) in [4.78, 5) is 0. The van der Waals surface area contributed by atoms with Gasteiger partial charge in [-0.2, -0.15) is 0 Å². The van der Waals surface area contributed by atoms with Crippen LogP contribution in [0, 0.1) is 5.92 Å². The normalized spacial score (nSPS) is 13.2. The summed E-state index contributed by atoms with van der Waals surface area (Å²) in [6.07, 6.45) is 1.14. The van der Waals surface area contributed by atoms with Gasteiger partial charge in [-0.1, -0.05) is 91.3 Å². The molecule has 1 heteroatoms. The fraction of sp³-hybridized carbons (Fsp3) is 0.368. The maximum atomic E-state index is 3.55. The van der Waals surface area contributed by atoms with E-state index in [1.54, 1.807) is 0 Å². The van der Waals surface area contributed by atoms with Gasteiger partial charge in [-0.25, -0.2) is 0 Å². The van der Waals surface area contributed by atoms with Gasteiger partial charge < -0.3 is 0 Å².